The van der Waals surface area contributed by atoms with Crippen LogP contribution in [0.1, 0.15) is 109 Å². The number of hydrogen-bond donors (Lipinski definition) is 1. The number of rotatable bonds is 11. The molecule has 43 heavy (non-hydrogen) atoms. The summed E-state index contributed by atoms with van der Waals surface area (Å²) in [7, 11) is 0. The summed E-state index contributed by atoms with van der Waals surface area (Å²) >= 11 is 0. The van der Waals surface area contributed by atoms with Gasteiger partial charge < -0.3 is 23.7 Å². The van der Waals surface area contributed by atoms with Gasteiger partial charge in [0.1, 0.15) is 18.9 Å². The van der Waals surface area contributed by atoms with Crippen LogP contribution in [0.25, 0.3) is 0 Å². The Morgan fingerprint density at radius 3 is 1.53 bits per heavy atom. The van der Waals surface area contributed by atoms with E-state index in [-0.39, 0.29) is 12.6 Å². The molecule has 1 rings (SSSR count). The topological polar surface area (TPSA) is 126 Å². The summed E-state index contributed by atoms with van der Waals surface area (Å²) in [5, 5.41) is 3.42. The molecule has 10 heteroatoms. The lowest BCUT2D eigenvalue weighted by atomic mass is 9.92. The van der Waals surface area contributed by atoms with Crippen LogP contribution in [-0.4, -0.2) is 67.2 Å². The Morgan fingerprint density at radius 2 is 1.14 bits per heavy atom. The van der Waals surface area contributed by atoms with Gasteiger partial charge in [-0.3, -0.25) is 24.5 Å². The van der Waals surface area contributed by atoms with Gasteiger partial charge in [-0.15, -0.1) is 6.58 Å². The molecule has 0 unspecified atom stereocenters. The molecule has 0 amide bonds. The standard InChI is InChI=1S/C33H57NO9/c1-15-17-20(18-16-2)34-25-24(43-29(38)33(12,13)14)23(42-28(37)32(9,10)11)22(41-27(36)31(6,7)8)21(40-25)19-39-26(35)30(3,4)5/h15,20-25,34H,1,16-19H2,2-14H3/t20-,21-,22+,23+,24-,25-/m1/s1. The van der Waals surface area contributed by atoms with Crippen molar-refractivity contribution in [2.75, 3.05) is 6.61 Å². The van der Waals surface area contributed by atoms with E-state index in [1.807, 2.05) is 6.92 Å². The lowest BCUT2D eigenvalue weighted by molar-refractivity contribution is -0.266. The highest BCUT2D eigenvalue weighted by atomic mass is 16.7. The average Bonchev–Trinajstić information content (AvgIpc) is 2.83. The van der Waals surface area contributed by atoms with Gasteiger partial charge in [-0.1, -0.05) is 19.4 Å². The molecule has 248 valence electrons. The van der Waals surface area contributed by atoms with Crippen LogP contribution in [0.3, 0.4) is 0 Å². The van der Waals surface area contributed by atoms with Gasteiger partial charge in [0.25, 0.3) is 0 Å². The second-order valence-electron chi connectivity index (χ2n) is 15.5. The van der Waals surface area contributed by atoms with Crippen molar-refractivity contribution in [2.45, 2.75) is 146 Å². The van der Waals surface area contributed by atoms with Crippen LogP contribution >= 0.6 is 0 Å². The Kier molecular flexibility index (Phi) is 13.5. The maximum Gasteiger partial charge on any atom is 0.311 e. The smallest absolute Gasteiger partial charge is 0.311 e. The molecule has 10 nitrogen and oxygen atoms in total. The van der Waals surface area contributed by atoms with Crippen LogP contribution in [0.2, 0.25) is 0 Å². The van der Waals surface area contributed by atoms with E-state index in [0.29, 0.717) is 6.42 Å². The van der Waals surface area contributed by atoms with E-state index in [1.165, 1.54) is 0 Å². The molecule has 0 aromatic carbocycles. The SMILES string of the molecule is C=CC[C@H](CCC)N[C@@H]1O[C@H](COC(=O)C(C)(C)C)[C@H](OC(=O)C(C)(C)C)[C@H](OC(=O)C(C)(C)C)[C@H]1OC(=O)C(C)(C)C. The van der Waals surface area contributed by atoms with E-state index in [9.17, 15) is 19.2 Å². The van der Waals surface area contributed by atoms with Crippen molar-refractivity contribution in [1.82, 2.24) is 5.32 Å². The first-order valence-corrected chi connectivity index (χ1v) is 15.3. The van der Waals surface area contributed by atoms with Crippen molar-refractivity contribution >= 4 is 23.9 Å². The van der Waals surface area contributed by atoms with Gasteiger partial charge in [-0.2, -0.15) is 0 Å². The summed E-state index contributed by atoms with van der Waals surface area (Å²) in [6.45, 7) is 26.1. The minimum absolute atomic E-state index is 0.117. The monoisotopic (exact) mass is 611 g/mol. The predicted octanol–water partition coefficient (Wildman–Crippen LogP) is 5.51. The molecular weight excluding hydrogens is 554 g/mol. The molecule has 0 saturated carbocycles. The van der Waals surface area contributed by atoms with Crippen molar-refractivity contribution in [3.8, 4) is 0 Å². The van der Waals surface area contributed by atoms with Gasteiger partial charge in [0, 0.05) is 6.04 Å². The average molecular weight is 612 g/mol. The second kappa shape index (κ2) is 15.0. The molecule has 0 aromatic rings. The summed E-state index contributed by atoms with van der Waals surface area (Å²) in [4.78, 5) is 52.7. The third-order valence-electron chi connectivity index (χ3n) is 6.68. The number of hydrogen-bond acceptors (Lipinski definition) is 10. The Morgan fingerprint density at radius 1 is 0.721 bits per heavy atom. The fourth-order valence-corrected chi connectivity index (χ4v) is 3.91. The Labute approximate surface area is 258 Å². The number of carbonyl (C=O) groups excluding carboxylic acids is 4. The first kappa shape index (κ1) is 38.6. The molecule has 1 aliphatic heterocycles. The summed E-state index contributed by atoms with van der Waals surface area (Å²) in [5.41, 5.74) is -3.55. The molecule has 1 N–H and O–H groups in total. The summed E-state index contributed by atoms with van der Waals surface area (Å²) in [6, 6.07) is -0.117. The summed E-state index contributed by atoms with van der Waals surface area (Å²) < 4.78 is 30.2. The van der Waals surface area contributed by atoms with E-state index >= 15 is 0 Å². The third-order valence-corrected chi connectivity index (χ3v) is 6.68. The van der Waals surface area contributed by atoms with Gasteiger partial charge >= 0.3 is 23.9 Å². The molecule has 0 bridgehead atoms. The number of ether oxygens (including phenoxy) is 5. The highest BCUT2D eigenvalue weighted by Gasteiger charge is 2.54. The van der Waals surface area contributed by atoms with Crippen molar-refractivity contribution in [3.63, 3.8) is 0 Å². The fourth-order valence-electron chi connectivity index (χ4n) is 3.91. The van der Waals surface area contributed by atoms with E-state index in [2.05, 4.69) is 11.9 Å². The van der Waals surface area contributed by atoms with Crippen LogP contribution < -0.4 is 5.32 Å². The Balaban J connectivity index is 3.82. The Bertz CT molecular complexity index is 978. The van der Waals surface area contributed by atoms with E-state index in [1.54, 1.807) is 89.2 Å². The van der Waals surface area contributed by atoms with E-state index in [0.717, 1.165) is 12.8 Å². The Hall–Kier alpha value is -2.46. The van der Waals surface area contributed by atoms with Crippen LogP contribution in [0.15, 0.2) is 12.7 Å². The number of carbonyl (C=O) groups is 4. The van der Waals surface area contributed by atoms with Crippen molar-refractivity contribution in [3.05, 3.63) is 12.7 Å². The molecular formula is C33H57NO9. The van der Waals surface area contributed by atoms with Crippen LogP contribution in [0, 0.1) is 21.7 Å². The molecule has 0 radical (unpaired) electrons. The first-order chi connectivity index (χ1) is 19.4. The van der Waals surface area contributed by atoms with Crippen molar-refractivity contribution in [1.29, 1.82) is 0 Å². The van der Waals surface area contributed by atoms with Gasteiger partial charge in [0.05, 0.1) is 21.7 Å². The molecule has 0 spiro atoms. The summed E-state index contributed by atoms with van der Waals surface area (Å²) in [5.74, 6) is -2.22. The quantitative estimate of drug-likeness (QED) is 0.182. The minimum atomic E-state index is -1.28. The van der Waals surface area contributed by atoms with Crippen molar-refractivity contribution in [2.24, 2.45) is 21.7 Å². The zero-order valence-electron chi connectivity index (χ0n) is 28.8. The predicted molar refractivity (Wildman–Crippen MR) is 164 cm³/mol. The molecule has 0 aromatic heterocycles. The van der Waals surface area contributed by atoms with Gasteiger partial charge in [-0.05, 0) is 95.9 Å². The van der Waals surface area contributed by atoms with Gasteiger partial charge in [-0.25, -0.2) is 0 Å². The zero-order chi connectivity index (χ0) is 33.6. The normalized spacial score (nSPS) is 24.0. The largest absolute Gasteiger partial charge is 0.462 e. The lowest BCUT2D eigenvalue weighted by Crippen LogP contribution is -2.67. The molecule has 1 heterocycles. The van der Waals surface area contributed by atoms with E-state index < -0.39 is 76.2 Å². The zero-order valence-corrected chi connectivity index (χ0v) is 28.8. The number of esters is 4. The van der Waals surface area contributed by atoms with Crippen LogP contribution in [0.4, 0.5) is 0 Å². The highest BCUT2D eigenvalue weighted by Crippen LogP contribution is 2.34. The maximum atomic E-state index is 13.4. The molecule has 1 fully saturated rings. The fraction of sp³-hybridized carbons (Fsp3) is 0.818. The molecule has 6 atom stereocenters. The van der Waals surface area contributed by atoms with E-state index in [4.69, 9.17) is 23.7 Å². The highest BCUT2D eigenvalue weighted by molar-refractivity contribution is 5.78. The van der Waals surface area contributed by atoms with Crippen LogP contribution in [-0.2, 0) is 42.9 Å². The van der Waals surface area contributed by atoms with Gasteiger partial charge in [0.2, 0.25) is 0 Å². The third kappa shape index (κ3) is 11.9. The number of nitrogens with one attached hydrogen (secondary N) is 1. The minimum Gasteiger partial charge on any atom is -0.462 e. The molecule has 1 aliphatic rings. The molecule has 0 aliphatic carbocycles. The lowest BCUT2D eigenvalue weighted by Gasteiger charge is -2.47. The maximum absolute atomic E-state index is 13.4. The van der Waals surface area contributed by atoms with Gasteiger partial charge in [0.15, 0.2) is 18.3 Å². The first-order valence-electron chi connectivity index (χ1n) is 15.3. The molecule has 1 saturated heterocycles. The van der Waals surface area contributed by atoms with Crippen LogP contribution in [0.5, 0.6) is 0 Å². The summed E-state index contributed by atoms with van der Waals surface area (Å²) in [6.07, 6.45) is -1.81. The van der Waals surface area contributed by atoms with Crippen molar-refractivity contribution < 1.29 is 42.9 Å². The second-order valence-corrected chi connectivity index (χ2v) is 15.5.